The number of nitrogens with zero attached hydrogens (tertiary/aromatic N) is 1. The van der Waals surface area contributed by atoms with Crippen LogP contribution in [0.5, 0.6) is 0 Å². The van der Waals surface area contributed by atoms with Crippen molar-refractivity contribution in [2.24, 2.45) is 0 Å². The molecule has 2 aromatic carbocycles. The third-order valence-corrected chi connectivity index (χ3v) is 3.70. The van der Waals surface area contributed by atoms with Crippen molar-refractivity contribution in [3.05, 3.63) is 71.2 Å². The number of hydrogen-bond acceptors (Lipinski definition) is 4. The smallest absolute Gasteiger partial charge is 0.408 e. The zero-order valence-corrected chi connectivity index (χ0v) is 14.1. The molecule has 0 bridgehead atoms. The Balaban J connectivity index is 1.83. The largest absolute Gasteiger partial charge is 0.420 e. The van der Waals surface area contributed by atoms with E-state index in [0.717, 1.165) is 0 Å². The van der Waals surface area contributed by atoms with Crippen LogP contribution in [0.1, 0.15) is 17.3 Å². The lowest BCUT2D eigenvalue weighted by Crippen LogP contribution is -2.14. The summed E-state index contributed by atoms with van der Waals surface area (Å²) in [7, 11) is 0. The average molecular weight is 351 g/mol. The Labute approximate surface area is 148 Å². The first-order valence-corrected chi connectivity index (χ1v) is 7.91. The lowest BCUT2D eigenvalue weighted by molar-refractivity contribution is -0.114. The van der Waals surface area contributed by atoms with E-state index in [9.17, 15) is 14.4 Å². The molecular weight excluding hydrogens is 334 g/mol. The number of allylic oxidation sites excluding steroid dienone is 1. The first-order chi connectivity index (χ1) is 12.5. The molecule has 0 unspecified atom stereocenters. The number of anilines is 2. The number of nitrogens with one attached hydrogen (secondary N) is 2. The normalized spacial score (nSPS) is 10.5. The maximum absolute atomic E-state index is 12.5. The molecule has 1 aromatic heterocycles. The van der Waals surface area contributed by atoms with Crippen LogP contribution < -0.4 is 16.4 Å². The van der Waals surface area contributed by atoms with Gasteiger partial charge in [-0.1, -0.05) is 6.08 Å². The molecule has 0 aliphatic rings. The Hall–Kier alpha value is -3.61. The summed E-state index contributed by atoms with van der Waals surface area (Å²) in [6, 6.07) is 11.5. The van der Waals surface area contributed by atoms with E-state index in [1.54, 1.807) is 48.5 Å². The van der Waals surface area contributed by atoms with Gasteiger partial charge in [-0.3, -0.25) is 14.2 Å². The van der Waals surface area contributed by atoms with Gasteiger partial charge >= 0.3 is 5.76 Å². The molecule has 0 saturated heterocycles. The van der Waals surface area contributed by atoms with Crippen molar-refractivity contribution < 1.29 is 14.0 Å². The molecule has 3 aromatic rings. The quantitative estimate of drug-likeness (QED) is 0.691. The number of rotatable bonds is 5. The molecule has 0 atom stereocenters. The van der Waals surface area contributed by atoms with Crippen LogP contribution in [0.15, 0.2) is 64.3 Å². The van der Waals surface area contributed by atoms with E-state index in [4.69, 9.17) is 4.42 Å². The number of oxazole rings is 1. The lowest BCUT2D eigenvalue weighted by Gasteiger charge is -2.07. The van der Waals surface area contributed by atoms with E-state index >= 15 is 0 Å². The molecule has 132 valence electrons. The van der Waals surface area contributed by atoms with Gasteiger partial charge in [-0.2, -0.15) is 0 Å². The number of aromatic nitrogens is 1. The fraction of sp³-hybridized carbons (Fsp3) is 0.105. The summed E-state index contributed by atoms with van der Waals surface area (Å²) in [5, 5.41) is 5.43. The summed E-state index contributed by atoms with van der Waals surface area (Å²) in [5.41, 5.74) is 2.56. The Morgan fingerprint density at radius 3 is 2.38 bits per heavy atom. The van der Waals surface area contributed by atoms with Gasteiger partial charge in [-0.15, -0.1) is 6.58 Å². The van der Waals surface area contributed by atoms with Gasteiger partial charge in [0.05, 0.1) is 5.52 Å². The summed E-state index contributed by atoms with van der Waals surface area (Å²) in [4.78, 5) is 35.3. The molecule has 0 saturated carbocycles. The number of fused-ring (bicyclic) bond motifs is 1. The monoisotopic (exact) mass is 351 g/mol. The Morgan fingerprint density at radius 1 is 1.12 bits per heavy atom. The molecule has 0 aliphatic carbocycles. The van der Waals surface area contributed by atoms with Crippen molar-refractivity contribution in [3.8, 4) is 0 Å². The summed E-state index contributed by atoms with van der Waals surface area (Å²) in [6.07, 6.45) is 1.58. The highest BCUT2D eigenvalue weighted by atomic mass is 16.4. The molecule has 0 radical (unpaired) electrons. The van der Waals surface area contributed by atoms with Crippen LogP contribution in [0.2, 0.25) is 0 Å². The van der Waals surface area contributed by atoms with Crippen molar-refractivity contribution in [1.82, 2.24) is 4.57 Å². The van der Waals surface area contributed by atoms with Gasteiger partial charge in [0.1, 0.15) is 0 Å². The summed E-state index contributed by atoms with van der Waals surface area (Å²) in [5.74, 6) is -0.982. The van der Waals surface area contributed by atoms with Gasteiger partial charge in [-0.25, -0.2) is 4.79 Å². The highest BCUT2D eigenvalue weighted by molar-refractivity contribution is 6.06. The molecular formula is C19H17N3O4. The molecule has 2 N–H and O–H groups in total. The van der Waals surface area contributed by atoms with E-state index in [1.165, 1.54) is 11.5 Å². The molecule has 0 fully saturated rings. The van der Waals surface area contributed by atoms with Gasteiger partial charge in [0, 0.05) is 30.4 Å². The van der Waals surface area contributed by atoms with E-state index < -0.39 is 5.76 Å². The predicted molar refractivity (Wildman–Crippen MR) is 99.4 cm³/mol. The standard InChI is InChI=1S/C19H17N3O4/c1-3-10-22-16-11-13(4-9-17(16)26-19(22)25)18(24)21-15-7-5-14(6-8-15)20-12(2)23/h3-9,11H,1,10H2,2H3,(H,20,23)(H,21,24). The Bertz CT molecular complexity index is 1040. The maximum Gasteiger partial charge on any atom is 0.420 e. The van der Waals surface area contributed by atoms with Crippen molar-refractivity contribution in [2.45, 2.75) is 13.5 Å². The number of hydrogen-bond donors (Lipinski definition) is 2. The first-order valence-electron chi connectivity index (χ1n) is 7.91. The van der Waals surface area contributed by atoms with Crippen molar-refractivity contribution in [3.63, 3.8) is 0 Å². The maximum atomic E-state index is 12.5. The van der Waals surface area contributed by atoms with Crippen molar-refractivity contribution in [2.75, 3.05) is 10.6 Å². The molecule has 26 heavy (non-hydrogen) atoms. The molecule has 7 nitrogen and oxygen atoms in total. The average Bonchev–Trinajstić information content (AvgIpc) is 2.91. The molecule has 3 rings (SSSR count). The minimum atomic E-state index is -0.494. The van der Waals surface area contributed by atoms with Gasteiger partial charge in [0.25, 0.3) is 5.91 Å². The van der Waals surface area contributed by atoms with Crippen LogP contribution in [0.4, 0.5) is 11.4 Å². The van der Waals surface area contributed by atoms with Crippen LogP contribution in [-0.4, -0.2) is 16.4 Å². The van der Waals surface area contributed by atoms with Crippen LogP contribution >= 0.6 is 0 Å². The first kappa shape index (κ1) is 17.2. The third-order valence-electron chi connectivity index (χ3n) is 3.70. The Kier molecular flexibility index (Phi) is 4.70. The second-order valence-electron chi connectivity index (χ2n) is 5.66. The second kappa shape index (κ2) is 7.10. The van der Waals surface area contributed by atoms with Crippen LogP contribution in [0.3, 0.4) is 0 Å². The van der Waals surface area contributed by atoms with Gasteiger partial charge in [0.2, 0.25) is 5.91 Å². The highest BCUT2D eigenvalue weighted by Gasteiger charge is 2.12. The molecule has 0 spiro atoms. The summed E-state index contributed by atoms with van der Waals surface area (Å²) < 4.78 is 6.55. The van der Waals surface area contributed by atoms with E-state index in [0.29, 0.717) is 34.6 Å². The highest BCUT2D eigenvalue weighted by Crippen LogP contribution is 2.18. The molecule has 1 heterocycles. The fourth-order valence-electron chi connectivity index (χ4n) is 2.55. The van der Waals surface area contributed by atoms with Gasteiger partial charge < -0.3 is 15.1 Å². The predicted octanol–water partition coefficient (Wildman–Crippen LogP) is 2.99. The molecule has 0 aliphatic heterocycles. The Morgan fingerprint density at radius 2 is 1.77 bits per heavy atom. The lowest BCUT2D eigenvalue weighted by atomic mass is 10.2. The van der Waals surface area contributed by atoms with Gasteiger partial charge in [0.15, 0.2) is 5.58 Å². The zero-order chi connectivity index (χ0) is 18.7. The minimum absolute atomic E-state index is 0.166. The summed E-state index contributed by atoms with van der Waals surface area (Å²) in [6.45, 7) is 5.33. The van der Waals surface area contributed by atoms with Crippen LogP contribution in [0, 0.1) is 0 Å². The number of carbonyl (C=O) groups is 2. The van der Waals surface area contributed by atoms with Crippen LogP contribution in [-0.2, 0) is 11.3 Å². The van der Waals surface area contributed by atoms with E-state index in [-0.39, 0.29) is 11.8 Å². The van der Waals surface area contributed by atoms with Crippen molar-refractivity contribution in [1.29, 1.82) is 0 Å². The minimum Gasteiger partial charge on any atom is -0.408 e. The summed E-state index contributed by atoms with van der Waals surface area (Å²) >= 11 is 0. The SMILES string of the molecule is C=CCn1c(=O)oc2ccc(C(=O)Nc3ccc(NC(C)=O)cc3)cc21. The van der Waals surface area contributed by atoms with Crippen molar-refractivity contribution >= 4 is 34.3 Å². The van der Waals surface area contributed by atoms with E-state index in [2.05, 4.69) is 17.2 Å². The number of benzene rings is 2. The second-order valence-corrected chi connectivity index (χ2v) is 5.66. The number of amides is 2. The van der Waals surface area contributed by atoms with Gasteiger partial charge in [-0.05, 0) is 42.5 Å². The number of carbonyl (C=O) groups excluding carboxylic acids is 2. The molecule has 7 heteroatoms. The fourth-order valence-corrected chi connectivity index (χ4v) is 2.55. The topological polar surface area (TPSA) is 93.3 Å². The molecule has 2 amide bonds. The van der Waals surface area contributed by atoms with Crippen LogP contribution in [0.25, 0.3) is 11.1 Å². The zero-order valence-electron chi connectivity index (χ0n) is 14.1. The van der Waals surface area contributed by atoms with E-state index in [1.807, 2.05) is 0 Å². The third kappa shape index (κ3) is 3.56.